The summed E-state index contributed by atoms with van der Waals surface area (Å²) in [5.74, 6) is 1.43. The molecule has 5 heteroatoms. The Hall–Kier alpha value is -2.82. The normalized spacial score (nSPS) is 14.4. The van der Waals surface area contributed by atoms with E-state index in [1.54, 1.807) is 0 Å². The third-order valence-electron chi connectivity index (χ3n) is 7.14. The predicted octanol–water partition coefficient (Wildman–Crippen LogP) is 6.66. The number of anilines is 1. The molecule has 0 saturated carbocycles. The molecule has 1 fully saturated rings. The number of benzene rings is 2. The third-order valence-corrected chi connectivity index (χ3v) is 7.14. The molecule has 1 saturated heterocycles. The standard InChI is InChI=1S/C30H43N3O2/c1-22(2)26-12-9-13-27(23(3)4)29(26)31-30(35)33(20-16-25-10-7-6-8-11-25)21-17-28(34)32-18-14-24(5)15-19-32/h6-13,22-24H,14-21H2,1-5H3,(H,31,35). The molecule has 0 atom stereocenters. The predicted molar refractivity (Wildman–Crippen MR) is 145 cm³/mol. The molecule has 1 heterocycles. The van der Waals surface area contributed by atoms with E-state index in [0.29, 0.717) is 37.3 Å². The summed E-state index contributed by atoms with van der Waals surface area (Å²) >= 11 is 0. The SMILES string of the molecule is CC1CCN(C(=O)CCN(CCc2ccccc2)C(=O)Nc2c(C(C)C)cccc2C(C)C)CC1. The number of likely N-dealkylation sites (tertiary alicyclic amines) is 1. The first-order valence-corrected chi connectivity index (χ1v) is 13.3. The number of nitrogens with zero attached hydrogens (tertiary/aromatic N) is 2. The van der Waals surface area contributed by atoms with E-state index in [1.165, 1.54) is 5.56 Å². The Morgan fingerprint density at radius 2 is 1.51 bits per heavy atom. The fraction of sp³-hybridized carbons (Fsp3) is 0.533. The smallest absolute Gasteiger partial charge is 0.321 e. The van der Waals surface area contributed by atoms with Gasteiger partial charge in [0.1, 0.15) is 0 Å². The minimum atomic E-state index is -0.129. The van der Waals surface area contributed by atoms with Crippen molar-refractivity contribution in [1.29, 1.82) is 0 Å². The molecule has 1 aliphatic heterocycles. The van der Waals surface area contributed by atoms with Crippen molar-refractivity contribution in [1.82, 2.24) is 9.80 Å². The minimum Gasteiger partial charge on any atom is -0.343 e. The number of para-hydroxylation sites is 1. The molecule has 0 aliphatic carbocycles. The highest BCUT2D eigenvalue weighted by atomic mass is 16.2. The highest BCUT2D eigenvalue weighted by Gasteiger charge is 2.23. The van der Waals surface area contributed by atoms with Crippen LogP contribution in [0.15, 0.2) is 48.5 Å². The maximum absolute atomic E-state index is 13.6. The topological polar surface area (TPSA) is 52.7 Å². The zero-order valence-electron chi connectivity index (χ0n) is 22.2. The number of rotatable bonds is 9. The molecule has 2 aromatic carbocycles. The van der Waals surface area contributed by atoms with Gasteiger partial charge in [-0.15, -0.1) is 0 Å². The second-order valence-electron chi connectivity index (χ2n) is 10.6. The number of urea groups is 1. The summed E-state index contributed by atoms with van der Waals surface area (Å²) in [5, 5.41) is 3.25. The molecule has 1 aliphatic rings. The molecule has 35 heavy (non-hydrogen) atoms. The molecule has 0 bridgehead atoms. The van der Waals surface area contributed by atoms with Gasteiger partial charge in [0, 0.05) is 38.3 Å². The Morgan fingerprint density at radius 1 is 0.914 bits per heavy atom. The van der Waals surface area contributed by atoms with Gasteiger partial charge in [-0.25, -0.2) is 4.79 Å². The Balaban J connectivity index is 1.75. The molecule has 3 rings (SSSR count). The monoisotopic (exact) mass is 477 g/mol. The highest BCUT2D eigenvalue weighted by Crippen LogP contribution is 2.32. The number of piperidine rings is 1. The molecule has 5 nitrogen and oxygen atoms in total. The second-order valence-corrected chi connectivity index (χ2v) is 10.6. The van der Waals surface area contributed by atoms with Crippen LogP contribution in [0.5, 0.6) is 0 Å². The van der Waals surface area contributed by atoms with Gasteiger partial charge in [-0.3, -0.25) is 4.79 Å². The van der Waals surface area contributed by atoms with E-state index in [9.17, 15) is 9.59 Å². The van der Waals surface area contributed by atoms with Gasteiger partial charge < -0.3 is 15.1 Å². The fourth-order valence-electron chi connectivity index (χ4n) is 4.75. The summed E-state index contributed by atoms with van der Waals surface area (Å²) < 4.78 is 0. The zero-order valence-corrected chi connectivity index (χ0v) is 22.2. The molecule has 0 unspecified atom stereocenters. The Kier molecular flexibility index (Phi) is 9.76. The van der Waals surface area contributed by atoms with Gasteiger partial charge in [-0.2, -0.15) is 0 Å². The molecular weight excluding hydrogens is 434 g/mol. The van der Waals surface area contributed by atoms with E-state index in [1.807, 2.05) is 28.0 Å². The quantitative estimate of drug-likeness (QED) is 0.439. The van der Waals surface area contributed by atoms with Crippen molar-refractivity contribution in [2.75, 3.05) is 31.5 Å². The van der Waals surface area contributed by atoms with E-state index in [4.69, 9.17) is 0 Å². The van der Waals surface area contributed by atoms with E-state index in [-0.39, 0.29) is 11.9 Å². The van der Waals surface area contributed by atoms with Gasteiger partial charge in [0.25, 0.3) is 0 Å². The van der Waals surface area contributed by atoms with Crippen LogP contribution in [0.1, 0.15) is 82.4 Å². The third kappa shape index (κ3) is 7.58. The first-order valence-electron chi connectivity index (χ1n) is 13.3. The summed E-state index contributed by atoms with van der Waals surface area (Å²) in [6.07, 6.45) is 3.24. The average molecular weight is 478 g/mol. The largest absolute Gasteiger partial charge is 0.343 e. The molecule has 1 N–H and O–H groups in total. The van der Waals surface area contributed by atoms with Crippen LogP contribution in [-0.4, -0.2) is 47.9 Å². The van der Waals surface area contributed by atoms with Gasteiger partial charge in [0.05, 0.1) is 0 Å². The number of amides is 3. The number of carbonyl (C=O) groups excluding carboxylic acids is 2. The van der Waals surface area contributed by atoms with Crippen molar-refractivity contribution in [3.63, 3.8) is 0 Å². The van der Waals surface area contributed by atoms with Crippen LogP contribution in [0.3, 0.4) is 0 Å². The number of nitrogens with one attached hydrogen (secondary N) is 1. The van der Waals surface area contributed by atoms with E-state index < -0.39 is 0 Å². The van der Waals surface area contributed by atoms with Crippen molar-refractivity contribution in [2.24, 2.45) is 5.92 Å². The summed E-state index contributed by atoms with van der Waals surface area (Å²) in [6, 6.07) is 16.4. The lowest BCUT2D eigenvalue weighted by Gasteiger charge is -2.31. The molecule has 0 spiro atoms. The Morgan fingerprint density at radius 3 is 2.09 bits per heavy atom. The van der Waals surface area contributed by atoms with E-state index in [2.05, 4.69) is 70.3 Å². The van der Waals surface area contributed by atoms with Gasteiger partial charge in [-0.05, 0) is 53.7 Å². The van der Waals surface area contributed by atoms with Crippen LogP contribution < -0.4 is 5.32 Å². The van der Waals surface area contributed by atoms with Crippen molar-refractivity contribution in [3.05, 3.63) is 65.2 Å². The summed E-state index contributed by atoms with van der Waals surface area (Å²) in [7, 11) is 0. The second kappa shape index (κ2) is 12.8. The van der Waals surface area contributed by atoms with E-state index >= 15 is 0 Å². The first-order chi connectivity index (χ1) is 16.8. The Labute approximate surface area is 211 Å². The maximum Gasteiger partial charge on any atom is 0.321 e. The summed E-state index contributed by atoms with van der Waals surface area (Å²) in [5.41, 5.74) is 4.40. The average Bonchev–Trinajstić information content (AvgIpc) is 2.84. The van der Waals surface area contributed by atoms with Crippen LogP contribution in [0.4, 0.5) is 10.5 Å². The molecule has 0 radical (unpaired) electrons. The van der Waals surface area contributed by atoms with Crippen LogP contribution in [0, 0.1) is 5.92 Å². The highest BCUT2D eigenvalue weighted by molar-refractivity contribution is 5.92. The van der Waals surface area contributed by atoms with Gasteiger partial charge in [-0.1, -0.05) is 83.1 Å². The van der Waals surface area contributed by atoms with Gasteiger partial charge in [0.15, 0.2) is 0 Å². The molecule has 3 amide bonds. The molecule has 0 aromatic heterocycles. The lowest BCUT2D eigenvalue weighted by atomic mass is 9.93. The van der Waals surface area contributed by atoms with E-state index in [0.717, 1.165) is 49.2 Å². The summed E-state index contributed by atoms with van der Waals surface area (Å²) in [6.45, 7) is 13.5. The van der Waals surface area contributed by atoms with Crippen LogP contribution in [-0.2, 0) is 11.2 Å². The van der Waals surface area contributed by atoms with Crippen LogP contribution in [0.25, 0.3) is 0 Å². The van der Waals surface area contributed by atoms with Crippen molar-refractivity contribution in [2.45, 2.75) is 72.1 Å². The van der Waals surface area contributed by atoms with Gasteiger partial charge in [0.2, 0.25) is 5.91 Å². The maximum atomic E-state index is 13.6. The molecule has 190 valence electrons. The minimum absolute atomic E-state index is 0.129. The van der Waals surface area contributed by atoms with Crippen molar-refractivity contribution >= 4 is 17.6 Å². The number of hydrogen-bond donors (Lipinski definition) is 1. The lowest BCUT2D eigenvalue weighted by Crippen LogP contribution is -2.42. The van der Waals surface area contributed by atoms with Crippen LogP contribution >= 0.6 is 0 Å². The fourth-order valence-corrected chi connectivity index (χ4v) is 4.75. The van der Waals surface area contributed by atoms with Gasteiger partial charge >= 0.3 is 6.03 Å². The molecule has 2 aromatic rings. The summed E-state index contributed by atoms with van der Waals surface area (Å²) in [4.78, 5) is 30.3. The van der Waals surface area contributed by atoms with Crippen molar-refractivity contribution in [3.8, 4) is 0 Å². The van der Waals surface area contributed by atoms with Crippen LogP contribution in [0.2, 0.25) is 0 Å². The molecular formula is C30H43N3O2. The Bertz CT molecular complexity index is 937. The van der Waals surface area contributed by atoms with Crippen molar-refractivity contribution < 1.29 is 9.59 Å². The lowest BCUT2D eigenvalue weighted by molar-refractivity contribution is -0.132. The first kappa shape index (κ1) is 26.8. The zero-order chi connectivity index (χ0) is 25.4. The number of hydrogen-bond acceptors (Lipinski definition) is 2. The number of carbonyl (C=O) groups is 2.